The van der Waals surface area contributed by atoms with Gasteiger partial charge < -0.3 is 9.47 Å². The predicted octanol–water partition coefficient (Wildman–Crippen LogP) is 1.81. The van der Waals surface area contributed by atoms with Gasteiger partial charge in [0.15, 0.2) is 0 Å². The summed E-state index contributed by atoms with van der Waals surface area (Å²) in [5.74, 6) is -0.152. The summed E-state index contributed by atoms with van der Waals surface area (Å²) in [4.78, 5) is 38.6. The van der Waals surface area contributed by atoms with E-state index >= 15 is 0 Å². The average Bonchev–Trinajstić information content (AvgIpc) is 3.18. The Labute approximate surface area is 140 Å². The first-order chi connectivity index (χ1) is 11.6. The maximum Gasteiger partial charge on any atom is 0.334 e. The van der Waals surface area contributed by atoms with E-state index in [1.165, 1.54) is 0 Å². The van der Waals surface area contributed by atoms with Crippen molar-refractivity contribution in [3.05, 3.63) is 24.3 Å². The second-order valence-electron chi connectivity index (χ2n) is 5.88. The zero-order chi connectivity index (χ0) is 17.1. The molecule has 24 heavy (non-hydrogen) atoms. The predicted molar refractivity (Wildman–Crippen MR) is 84.7 cm³/mol. The minimum Gasteiger partial charge on any atom is -0.497 e. The van der Waals surface area contributed by atoms with Crippen LogP contribution >= 0.6 is 0 Å². The molecule has 0 aromatic heterocycles. The van der Waals surface area contributed by atoms with Crippen LogP contribution in [-0.4, -0.2) is 53.9 Å². The molecule has 1 saturated heterocycles. The topological polar surface area (TPSA) is 76.2 Å². The first-order valence-corrected chi connectivity index (χ1v) is 8.07. The number of urea groups is 1. The number of methoxy groups -OCH3 is 1. The molecule has 7 heteroatoms. The van der Waals surface area contributed by atoms with E-state index in [9.17, 15) is 14.4 Å². The molecule has 1 saturated carbocycles. The van der Waals surface area contributed by atoms with Crippen LogP contribution in [0.2, 0.25) is 0 Å². The van der Waals surface area contributed by atoms with Gasteiger partial charge in [0.2, 0.25) is 0 Å². The molecular weight excluding hydrogens is 312 g/mol. The highest BCUT2D eigenvalue weighted by Crippen LogP contribution is 2.27. The summed E-state index contributed by atoms with van der Waals surface area (Å²) in [5.41, 5.74) is 0. The number of nitrogens with zero attached hydrogens (tertiary/aromatic N) is 2. The van der Waals surface area contributed by atoms with Gasteiger partial charge in [-0.25, -0.2) is 4.79 Å². The lowest BCUT2D eigenvalue weighted by atomic mass is 10.2. The van der Waals surface area contributed by atoms with Crippen molar-refractivity contribution in [3.63, 3.8) is 0 Å². The van der Waals surface area contributed by atoms with Crippen LogP contribution in [0.3, 0.4) is 0 Å². The van der Waals surface area contributed by atoms with Crippen molar-refractivity contribution < 1.29 is 23.9 Å². The highest BCUT2D eigenvalue weighted by molar-refractivity contribution is 6.44. The molecule has 0 bridgehead atoms. The number of hydrogen-bond acceptors (Lipinski definition) is 5. The van der Waals surface area contributed by atoms with Crippen molar-refractivity contribution in [2.45, 2.75) is 31.7 Å². The highest BCUT2D eigenvalue weighted by atomic mass is 16.5. The number of benzene rings is 1. The maximum atomic E-state index is 12.4. The lowest BCUT2D eigenvalue weighted by Crippen LogP contribution is -2.40. The van der Waals surface area contributed by atoms with Gasteiger partial charge in [0.25, 0.3) is 0 Å². The Balaban J connectivity index is 1.57. The van der Waals surface area contributed by atoms with Crippen LogP contribution in [0.1, 0.15) is 25.7 Å². The van der Waals surface area contributed by atoms with Gasteiger partial charge >= 0.3 is 17.8 Å². The van der Waals surface area contributed by atoms with E-state index in [1.807, 2.05) is 0 Å². The van der Waals surface area contributed by atoms with Crippen LogP contribution in [0.5, 0.6) is 11.5 Å². The Hall–Kier alpha value is -2.57. The third-order valence-corrected chi connectivity index (χ3v) is 4.42. The van der Waals surface area contributed by atoms with E-state index in [2.05, 4.69) is 0 Å². The van der Waals surface area contributed by atoms with Gasteiger partial charge in [-0.05, 0) is 37.1 Å². The molecule has 128 valence electrons. The molecule has 1 aliphatic carbocycles. The van der Waals surface area contributed by atoms with E-state index in [0.717, 1.165) is 35.5 Å². The Kier molecular flexibility index (Phi) is 4.69. The normalized spacial score (nSPS) is 18.6. The summed E-state index contributed by atoms with van der Waals surface area (Å²) in [6.45, 7) is 0.189. The lowest BCUT2D eigenvalue weighted by molar-refractivity contribution is -0.144. The maximum absolute atomic E-state index is 12.4. The van der Waals surface area contributed by atoms with Crippen LogP contribution in [0.15, 0.2) is 24.3 Å². The number of imide groups is 2. The van der Waals surface area contributed by atoms with Crippen molar-refractivity contribution >= 4 is 17.8 Å². The van der Waals surface area contributed by atoms with Crippen molar-refractivity contribution in [1.82, 2.24) is 9.80 Å². The summed E-state index contributed by atoms with van der Waals surface area (Å²) < 4.78 is 10.6. The number of hydrogen-bond donors (Lipinski definition) is 0. The van der Waals surface area contributed by atoms with Crippen molar-refractivity contribution in [1.29, 1.82) is 0 Å². The van der Waals surface area contributed by atoms with E-state index < -0.39 is 17.8 Å². The molecule has 0 unspecified atom stereocenters. The molecule has 3 rings (SSSR count). The van der Waals surface area contributed by atoms with Crippen LogP contribution in [-0.2, 0) is 9.59 Å². The van der Waals surface area contributed by atoms with Gasteiger partial charge in [-0.1, -0.05) is 12.8 Å². The number of carbonyl (C=O) groups excluding carboxylic acids is 3. The number of ether oxygens (including phenoxy) is 2. The first-order valence-electron chi connectivity index (χ1n) is 8.07. The van der Waals surface area contributed by atoms with E-state index in [1.54, 1.807) is 31.4 Å². The van der Waals surface area contributed by atoms with Gasteiger partial charge in [-0.15, -0.1) is 0 Å². The minimum atomic E-state index is -0.759. The standard InChI is InChI=1S/C17H20N2O5/c1-23-13-6-8-14(9-7-13)24-11-10-18-15(20)16(21)19(17(18)22)12-4-2-3-5-12/h6-9,12H,2-5,10-11H2,1H3. The van der Waals surface area contributed by atoms with E-state index in [0.29, 0.717) is 11.5 Å². The van der Waals surface area contributed by atoms with Crippen LogP contribution in [0, 0.1) is 0 Å². The van der Waals surface area contributed by atoms with Crippen LogP contribution in [0.4, 0.5) is 4.79 Å². The Bertz CT molecular complexity index is 637. The van der Waals surface area contributed by atoms with Gasteiger partial charge in [-0.3, -0.25) is 19.4 Å². The Morgan fingerprint density at radius 3 is 2.25 bits per heavy atom. The molecule has 0 spiro atoms. The van der Waals surface area contributed by atoms with E-state index in [-0.39, 0.29) is 19.2 Å². The summed E-state index contributed by atoms with van der Waals surface area (Å²) >= 11 is 0. The fraction of sp³-hybridized carbons (Fsp3) is 0.471. The Morgan fingerprint density at radius 1 is 1.00 bits per heavy atom. The molecule has 2 fully saturated rings. The fourth-order valence-corrected chi connectivity index (χ4v) is 3.13. The van der Waals surface area contributed by atoms with Crippen LogP contribution in [0.25, 0.3) is 0 Å². The summed E-state index contributed by atoms with van der Waals surface area (Å²) in [6.07, 6.45) is 3.52. The summed E-state index contributed by atoms with van der Waals surface area (Å²) in [7, 11) is 1.58. The van der Waals surface area contributed by atoms with Gasteiger partial charge in [-0.2, -0.15) is 0 Å². The molecule has 4 amide bonds. The zero-order valence-electron chi connectivity index (χ0n) is 13.6. The molecule has 1 aromatic carbocycles. The summed E-state index contributed by atoms with van der Waals surface area (Å²) in [6, 6.07) is 6.33. The third-order valence-electron chi connectivity index (χ3n) is 4.42. The minimum absolute atomic E-state index is 0.0542. The van der Waals surface area contributed by atoms with Gasteiger partial charge in [0.1, 0.15) is 18.1 Å². The molecule has 1 aromatic rings. The molecule has 1 aliphatic heterocycles. The average molecular weight is 332 g/mol. The Morgan fingerprint density at radius 2 is 1.62 bits per heavy atom. The van der Waals surface area contributed by atoms with Crippen molar-refractivity contribution in [2.24, 2.45) is 0 Å². The molecule has 7 nitrogen and oxygen atoms in total. The fourth-order valence-electron chi connectivity index (χ4n) is 3.13. The van der Waals surface area contributed by atoms with Gasteiger partial charge in [0, 0.05) is 6.04 Å². The van der Waals surface area contributed by atoms with Gasteiger partial charge in [0.05, 0.1) is 13.7 Å². The SMILES string of the molecule is COc1ccc(OCCN2C(=O)C(=O)N(C3CCCC3)C2=O)cc1. The largest absolute Gasteiger partial charge is 0.497 e. The number of rotatable bonds is 6. The monoisotopic (exact) mass is 332 g/mol. The lowest BCUT2D eigenvalue weighted by Gasteiger charge is -2.21. The van der Waals surface area contributed by atoms with E-state index in [4.69, 9.17) is 9.47 Å². The second-order valence-corrected chi connectivity index (χ2v) is 5.88. The third kappa shape index (κ3) is 3.06. The van der Waals surface area contributed by atoms with Crippen LogP contribution < -0.4 is 9.47 Å². The molecule has 1 heterocycles. The molecule has 2 aliphatic rings. The highest BCUT2D eigenvalue weighted by Gasteiger charge is 2.47. The van der Waals surface area contributed by atoms with Crippen molar-refractivity contribution in [2.75, 3.05) is 20.3 Å². The smallest absolute Gasteiger partial charge is 0.334 e. The number of amides is 4. The second kappa shape index (κ2) is 6.90. The quantitative estimate of drug-likeness (QED) is 0.586. The molecule has 0 N–H and O–H groups in total. The first kappa shape index (κ1) is 16.3. The molecule has 0 radical (unpaired) electrons. The summed E-state index contributed by atoms with van der Waals surface area (Å²) in [5, 5.41) is 0. The molecular formula is C17H20N2O5. The van der Waals surface area contributed by atoms with Crippen molar-refractivity contribution in [3.8, 4) is 11.5 Å². The molecule has 0 atom stereocenters. The zero-order valence-corrected chi connectivity index (χ0v) is 13.6. The number of carbonyl (C=O) groups is 3.